The fourth-order valence-corrected chi connectivity index (χ4v) is 4.41. The van der Waals surface area contributed by atoms with Crippen molar-refractivity contribution in [2.24, 2.45) is 0 Å². The average molecular weight is 361 g/mol. The van der Waals surface area contributed by atoms with Gasteiger partial charge in [0.15, 0.2) is 0 Å². The van der Waals surface area contributed by atoms with E-state index in [-0.39, 0.29) is 11.4 Å². The summed E-state index contributed by atoms with van der Waals surface area (Å²) in [7, 11) is 0. The van der Waals surface area contributed by atoms with Crippen LogP contribution in [0.5, 0.6) is 0 Å². The van der Waals surface area contributed by atoms with Crippen LogP contribution in [0.1, 0.15) is 25.0 Å². The fourth-order valence-electron chi connectivity index (χ4n) is 4.41. The predicted octanol–water partition coefficient (Wildman–Crippen LogP) is 3.01. The van der Waals surface area contributed by atoms with Crippen molar-refractivity contribution in [2.75, 3.05) is 18.4 Å². The minimum absolute atomic E-state index is 0.0982. The molecule has 138 valence electrons. The van der Waals surface area contributed by atoms with Gasteiger partial charge in [-0.3, -0.25) is 4.79 Å². The van der Waals surface area contributed by atoms with E-state index >= 15 is 0 Å². The number of likely N-dealkylation sites (tertiary alicyclic amines) is 1. The molecule has 0 atom stereocenters. The monoisotopic (exact) mass is 361 g/mol. The maximum absolute atomic E-state index is 12.6. The molecule has 2 aromatic heterocycles. The highest BCUT2D eigenvalue weighted by molar-refractivity contribution is 5.76. The van der Waals surface area contributed by atoms with Gasteiger partial charge in [-0.2, -0.15) is 0 Å². The number of carbonyl (C=O) groups excluding carboxylic acids is 1. The van der Waals surface area contributed by atoms with Crippen molar-refractivity contribution in [3.8, 4) is 5.69 Å². The second-order valence-electron chi connectivity index (χ2n) is 7.42. The summed E-state index contributed by atoms with van der Waals surface area (Å²) in [5.41, 5.74) is 3.56. The lowest BCUT2D eigenvalue weighted by Crippen LogP contribution is -2.51. The number of para-hydroxylation sites is 2. The van der Waals surface area contributed by atoms with Crippen molar-refractivity contribution in [1.82, 2.24) is 19.0 Å². The maximum atomic E-state index is 12.6. The van der Waals surface area contributed by atoms with E-state index in [1.54, 1.807) is 12.5 Å². The molecule has 27 heavy (non-hydrogen) atoms. The van der Waals surface area contributed by atoms with Crippen molar-refractivity contribution in [1.29, 1.82) is 0 Å². The number of aromatic nitrogens is 3. The molecule has 6 nitrogen and oxygen atoms in total. The van der Waals surface area contributed by atoms with E-state index in [4.69, 9.17) is 0 Å². The van der Waals surface area contributed by atoms with E-state index in [0.717, 1.165) is 25.9 Å². The van der Waals surface area contributed by atoms with Crippen LogP contribution in [0.3, 0.4) is 0 Å². The molecule has 2 aliphatic heterocycles. The van der Waals surface area contributed by atoms with Gasteiger partial charge in [0, 0.05) is 50.3 Å². The van der Waals surface area contributed by atoms with E-state index in [1.807, 2.05) is 15.7 Å². The quantitative estimate of drug-likeness (QED) is 0.780. The summed E-state index contributed by atoms with van der Waals surface area (Å²) in [5, 5.41) is 3.80. The molecular weight excluding hydrogens is 338 g/mol. The molecule has 1 N–H and O–H groups in total. The minimum atomic E-state index is -0.0982. The zero-order chi connectivity index (χ0) is 18.3. The lowest BCUT2D eigenvalue weighted by atomic mass is 9.82. The molecule has 0 radical (unpaired) electrons. The molecule has 1 aromatic carbocycles. The Hall–Kier alpha value is -3.02. The van der Waals surface area contributed by atoms with Crippen molar-refractivity contribution in [3.05, 3.63) is 67.0 Å². The van der Waals surface area contributed by atoms with Crippen molar-refractivity contribution >= 4 is 11.6 Å². The number of fused-ring (bicyclic) bond motifs is 4. The SMILES string of the molecule is O=C(CCn1ccnc1)N1CCC2(CC1)Nc1ccccc1-n1cccc12. The molecule has 5 rings (SSSR count). The summed E-state index contributed by atoms with van der Waals surface area (Å²) in [6.45, 7) is 2.25. The molecule has 0 saturated carbocycles. The molecule has 3 aromatic rings. The van der Waals surface area contributed by atoms with Gasteiger partial charge in [0.25, 0.3) is 0 Å². The molecule has 1 amide bonds. The maximum Gasteiger partial charge on any atom is 0.224 e. The first-order chi connectivity index (χ1) is 13.3. The van der Waals surface area contributed by atoms with Crippen LogP contribution in [0.2, 0.25) is 0 Å². The summed E-state index contributed by atoms with van der Waals surface area (Å²) in [6.07, 6.45) is 9.91. The second-order valence-corrected chi connectivity index (χ2v) is 7.42. The highest BCUT2D eigenvalue weighted by Crippen LogP contribution is 2.43. The number of amides is 1. The van der Waals surface area contributed by atoms with Crippen LogP contribution in [0, 0.1) is 0 Å². The molecule has 1 saturated heterocycles. The van der Waals surface area contributed by atoms with E-state index in [2.05, 4.69) is 57.5 Å². The van der Waals surface area contributed by atoms with Crippen LogP contribution in [0.25, 0.3) is 5.69 Å². The minimum Gasteiger partial charge on any atom is -0.372 e. The highest BCUT2D eigenvalue weighted by atomic mass is 16.2. The van der Waals surface area contributed by atoms with Crippen LogP contribution in [0.15, 0.2) is 61.3 Å². The molecule has 0 bridgehead atoms. The summed E-state index contributed by atoms with van der Waals surface area (Å²) >= 11 is 0. The topological polar surface area (TPSA) is 55.1 Å². The number of hydrogen-bond acceptors (Lipinski definition) is 3. The van der Waals surface area contributed by atoms with Gasteiger partial charge in [-0.15, -0.1) is 0 Å². The van der Waals surface area contributed by atoms with Gasteiger partial charge < -0.3 is 19.4 Å². The molecule has 0 aliphatic carbocycles. The van der Waals surface area contributed by atoms with Crippen molar-refractivity contribution in [2.45, 2.75) is 31.3 Å². The first-order valence-corrected chi connectivity index (χ1v) is 9.54. The van der Waals surface area contributed by atoms with E-state index < -0.39 is 0 Å². The Kier molecular flexibility index (Phi) is 3.77. The number of nitrogens with zero attached hydrogens (tertiary/aromatic N) is 4. The number of rotatable bonds is 3. The standard InChI is InChI=1S/C21H23N5O/c27-20(7-12-24-15-10-22-16-24)25-13-8-21(9-14-25)19-6-3-11-26(19)18-5-2-1-4-17(18)23-21/h1-6,10-11,15-16,23H,7-9,12-14H2. The number of imidazole rings is 1. The number of carbonyl (C=O) groups is 1. The van der Waals surface area contributed by atoms with E-state index in [9.17, 15) is 4.79 Å². The number of aryl methyl sites for hydroxylation is 1. The van der Waals surface area contributed by atoms with Crippen molar-refractivity contribution < 1.29 is 4.79 Å². The van der Waals surface area contributed by atoms with Gasteiger partial charge in [0.05, 0.1) is 23.2 Å². The van der Waals surface area contributed by atoms with Gasteiger partial charge in [-0.1, -0.05) is 12.1 Å². The highest BCUT2D eigenvalue weighted by Gasteiger charge is 2.42. The smallest absolute Gasteiger partial charge is 0.224 e. The first-order valence-electron chi connectivity index (χ1n) is 9.54. The largest absolute Gasteiger partial charge is 0.372 e. The third kappa shape index (κ3) is 2.72. The Morgan fingerprint density at radius 2 is 1.96 bits per heavy atom. The normalized spacial score (nSPS) is 17.3. The Morgan fingerprint density at radius 1 is 1.11 bits per heavy atom. The molecule has 4 heterocycles. The molecule has 0 unspecified atom stereocenters. The Bertz CT molecular complexity index is 951. The zero-order valence-corrected chi connectivity index (χ0v) is 15.2. The van der Waals surface area contributed by atoms with Crippen LogP contribution in [-0.2, 0) is 16.9 Å². The summed E-state index contributed by atoms with van der Waals surface area (Å²) in [6, 6.07) is 12.8. The third-order valence-corrected chi connectivity index (χ3v) is 5.89. The Balaban J connectivity index is 1.31. The van der Waals surface area contributed by atoms with Crippen LogP contribution in [-0.4, -0.2) is 38.0 Å². The zero-order valence-electron chi connectivity index (χ0n) is 15.2. The van der Waals surface area contributed by atoms with Crippen LogP contribution in [0.4, 0.5) is 5.69 Å². The third-order valence-electron chi connectivity index (χ3n) is 5.89. The molecule has 2 aliphatic rings. The van der Waals surface area contributed by atoms with Gasteiger partial charge in [0.2, 0.25) is 5.91 Å². The summed E-state index contributed by atoms with van der Waals surface area (Å²) < 4.78 is 4.25. The number of anilines is 1. The molecule has 6 heteroatoms. The number of hydrogen-bond donors (Lipinski definition) is 1. The van der Waals surface area contributed by atoms with Gasteiger partial charge in [0.1, 0.15) is 0 Å². The number of piperidine rings is 1. The number of benzene rings is 1. The van der Waals surface area contributed by atoms with Gasteiger partial charge in [-0.05, 0) is 37.1 Å². The van der Waals surface area contributed by atoms with E-state index in [1.165, 1.54) is 17.1 Å². The lowest BCUT2D eigenvalue weighted by molar-refractivity contribution is -0.133. The lowest BCUT2D eigenvalue weighted by Gasteiger charge is -2.46. The summed E-state index contributed by atoms with van der Waals surface area (Å²) in [4.78, 5) is 18.7. The van der Waals surface area contributed by atoms with Gasteiger partial charge >= 0.3 is 0 Å². The number of nitrogens with one attached hydrogen (secondary N) is 1. The summed E-state index contributed by atoms with van der Waals surface area (Å²) in [5.74, 6) is 0.227. The van der Waals surface area contributed by atoms with Gasteiger partial charge in [-0.25, -0.2) is 4.98 Å². The molecular formula is C21H23N5O. The second kappa shape index (κ2) is 6.30. The molecule has 1 fully saturated rings. The van der Waals surface area contributed by atoms with E-state index in [0.29, 0.717) is 13.0 Å². The van der Waals surface area contributed by atoms with Crippen LogP contribution < -0.4 is 5.32 Å². The Morgan fingerprint density at radius 3 is 2.78 bits per heavy atom. The average Bonchev–Trinajstić information content (AvgIpc) is 3.39. The predicted molar refractivity (Wildman–Crippen MR) is 104 cm³/mol. The first kappa shape index (κ1) is 16.2. The fraction of sp³-hybridized carbons (Fsp3) is 0.333. The molecule has 1 spiro atoms. The Labute approximate surface area is 158 Å². The van der Waals surface area contributed by atoms with Crippen molar-refractivity contribution in [3.63, 3.8) is 0 Å². The van der Waals surface area contributed by atoms with Crippen LogP contribution >= 0.6 is 0 Å².